The molecule has 0 unspecified atom stereocenters. The van der Waals surface area contributed by atoms with Crippen LogP contribution in [0.25, 0.3) is 33.1 Å². The second-order valence-electron chi connectivity index (χ2n) is 20.6. The zero-order valence-electron chi connectivity index (χ0n) is 37.4. The molecular weight excluding hydrogens is 739 g/mol. The predicted molar refractivity (Wildman–Crippen MR) is 261 cm³/mol. The highest BCUT2D eigenvalue weighted by atomic mass is 16.3. The lowest BCUT2D eigenvalue weighted by Gasteiger charge is -2.46. The van der Waals surface area contributed by atoms with E-state index >= 15 is 0 Å². The molecule has 0 N–H and O–H groups in total. The molecule has 1 aromatic heterocycles. The monoisotopic (exact) mass is 794 g/mol. The van der Waals surface area contributed by atoms with Crippen molar-refractivity contribution in [2.75, 3.05) is 9.80 Å². The van der Waals surface area contributed by atoms with E-state index in [2.05, 4.69) is 206 Å². The van der Waals surface area contributed by atoms with Crippen LogP contribution in [0.3, 0.4) is 0 Å². The van der Waals surface area contributed by atoms with Crippen LogP contribution >= 0.6 is 0 Å². The van der Waals surface area contributed by atoms with Crippen molar-refractivity contribution >= 4 is 79.2 Å². The minimum absolute atomic E-state index is 0.0364. The minimum atomic E-state index is -0.0393. The van der Waals surface area contributed by atoms with E-state index in [1.54, 1.807) is 0 Å². The maximum absolute atomic E-state index is 6.73. The molecule has 0 amide bonds. The molecule has 0 atom stereocenters. The van der Waals surface area contributed by atoms with Crippen LogP contribution in [-0.2, 0) is 16.2 Å². The highest BCUT2D eigenvalue weighted by Crippen LogP contribution is 2.52. The van der Waals surface area contributed by atoms with Gasteiger partial charge < -0.3 is 14.2 Å². The number of hydrogen-bond donors (Lipinski definition) is 0. The summed E-state index contributed by atoms with van der Waals surface area (Å²) in [5.41, 5.74) is 23.9. The maximum atomic E-state index is 6.73. The van der Waals surface area contributed by atoms with Gasteiger partial charge in [-0.1, -0.05) is 127 Å². The van der Waals surface area contributed by atoms with Crippen molar-refractivity contribution in [2.24, 2.45) is 0 Å². The molecule has 302 valence electrons. The summed E-state index contributed by atoms with van der Waals surface area (Å²) in [4.78, 5) is 5.22. The Morgan fingerprint density at radius 2 is 1.13 bits per heavy atom. The third-order valence-electron chi connectivity index (χ3n) is 14.7. The standard InChI is InChI=1S/C57H55BN2O/c1-34-17-11-13-19-39(34)37-28-50-54-51(29-37)60(48-32-43-42(27-36(48)3)56(7,8)25-26-57(43,9)10)47-24-23-38(55(4,5)6)30-44(47)58(54)45-33-53-41(40-20-14-16-22-52(40)61-53)31-49(45)59(50)46-21-15-12-18-35(46)2/h11-24,27-33H,25-26H2,1-10H3. The Kier molecular flexibility index (Phi) is 8.10. The van der Waals surface area contributed by atoms with E-state index in [9.17, 15) is 0 Å². The average molecular weight is 795 g/mol. The van der Waals surface area contributed by atoms with E-state index in [0.29, 0.717) is 0 Å². The molecule has 7 aromatic carbocycles. The SMILES string of the molecule is Cc1ccccc1-c1cc2c3c(c1)N(c1ccccc1C)c1cc4c(cc1B3c1cc(C(C)(C)C)ccc1N2c1cc2c(cc1C)C(C)(C)CCC2(C)C)oc1ccccc14. The Morgan fingerprint density at radius 1 is 0.508 bits per heavy atom. The maximum Gasteiger partial charge on any atom is 0.252 e. The van der Waals surface area contributed by atoms with Gasteiger partial charge in [-0.25, -0.2) is 0 Å². The van der Waals surface area contributed by atoms with Crippen LogP contribution in [-0.4, -0.2) is 6.71 Å². The Hall–Kier alpha value is -6.00. The van der Waals surface area contributed by atoms with Crippen LogP contribution in [0.1, 0.15) is 94.7 Å². The third-order valence-corrected chi connectivity index (χ3v) is 14.7. The van der Waals surface area contributed by atoms with Gasteiger partial charge in [-0.2, -0.15) is 0 Å². The van der Waals surface area contributed by atoms with Gasteiger partial charge in [0.05, 0.1) is 0 Å². The lowest BCUT2D eigenvalue weighted by Crippen LogP contribution is -2.61. The lowest BCUT2D eigenvalue weighted by atomic mass is 9.33. The van der Waals surface area contributed by atoms with Crippen LogP contribution < -0.4 is 26.2 Å². The first-order valence-electron chi connectivity index (χ1n) is 22.3. The van der Waals surface area contributed by atoms with Crippen molar-refractivity contribution in [2.45, 2.75) is 98.3 Å². The second-order valence-corrected chi connectivity index (χ2v) is 20.6. The molecule has 0 radical (unpaired) electrons. The topological polar surface area (TPSA) is 19.6 Å². The first kappa shape index (κ1) is 38.0. The van der Waals surface area contributed by atoms with Gasteiger partial charge >= 0.3 is 0 Å². The van der Waals surface area contributed by atoms with E-state index in [0.717, 1.165) is 21.9 Å². The number of furan rings is 1. The van der Waals surface area contributed by atoms with E-state index < -0.39 is 0 Å². The molecule has 8 aromatic rings. The Labute approximate surface area is 362 Å². The molecule has 2 aliphatic heterocycles. The Morgan fingerprint density at radius 3 is 1.84 bits per heavy atom. The summed E-state index contributed by atoms with van der Waals surface area (Å²) in [5.74, 6) is 0. The summed E-state index contributed by atoms with van der Waals surface area (Å²) in [7, 11) is 0. The molecule has 3 heterocycles. The van der Waals surface area contributed by atoms with Gasteiger partial charge in [0.2, 0.25) is 0 Å². The summed E-state index contributed by atoms with van der Waals surface area (Å²) < 4.78 is 6.73. The summed E-state index contributed by atoms with van der Waals surface area (Å²) >= 11 is 0. The zero-order valence-corrected chi connectivity index (χ0v) is 37.4. The largest absolute Gasteiger partial charge is 0.456 e. The normalized spacial score (nSPS) is 16.1. The van der Waals surface area contributed by atoms with Gasteiger partial charge in [0.1, 0.15) is 11.2 Å². The molecule has 0 saturated heterocycles. The molecule has 0 spiro atoms. The number of benzene rings is 7. The van der Waals surface area contributed by atoms with E-state index in [-0.39, 0.29) is 23.0 Å². The van der Waals surface area contributed by atoms with Gasteiger partial charge in [0, 0.05) is 44.9 Å². The van der Waals surface area contributed by atoms with Crippen LogP contribution in [0, 0.1) is 20.8 Å². The first-order valence-corrected chi connectivity index (χ1v) is 22.3. The van der Waals surface area contributed by atoms with Crippen LogP contribution in [0.15, 0.2) is 132 Å². The number of para-hydroxylation sites is 2. The van der Waals surface area contributed by atoms with Gasteiger partial charge in [-0.15, -0.1) is 0 Å². The summed E-state index contributed by atoms with van der Waals surface area (Å²) in [6.45, 7) is 23.6. The highest BCUT2D eigenvalue weighted by Gasteiger charge is 2.46. The molecule has 3 nitrogen and oxygen atoms in total. The molecule has 3 aliphatic rings. The quantitative estimate of drug-likeness (QED) is 0.166. The minimum Gasteiger partial charge on any atom is -0.456 e. The molecule has 11 rings (SSSR count). The fourth-order valence-electron chi connectivity index (χ4n) is 11.0. The number of fused-ring (bicyclic) bond motifs is 8. The van der Waals surface area contributed by atoms with E-state index in [4.69, 9.17) is 4.42 Å². The second kappa shape index (κ2) is 13.0. The smallest absolute Gasteiger partial charge is 0.252 e. The van der Waals surface area contributed by atoms with Crippen molar-refractivity contribution in [1.82, 2.24) is 0 Å². The molecule has 0 saturated carbocycles. The zero-order chi connectivity index (χ0) is 42.3. The molecule has 61 heavy (non-hydrogen) atoms. The van der Waals surface area contributed by atoms with Crippen molar-refractivity contribution in [1.29, 1.82) is 0 Å². The Balaban J connectivity index is 1.31. The van der Waals surface area contributed by atoms with Crippen molar-refractivity contribution < 1.29 is 4.42 Å². The fraction of sp³-hybridized carbons (Fsp3) is 0.263. The Bertz CT molecular complexity index is 3140. The van der Waals surface area contributed by atoms with Crippen LogP contribution in [0.5, 0.6) is 0 Å². The highest BCUT2D eigenvalue weighted by molar-refractivity contribution is 7.00. The van der Waals surface area contributed by atoms with Gasteiger partial charge in [-0.05, 0) is 159 Å². The van der Waals surface area contributed by atoms with Crippen molar-refractivity contribution in [3.05, 3.63) is 161 Å². The molecule has 1 aliphatic carbocycles. The van der Waals surface area contributed by atoms with E-state index in [1.165, 1.54) is 108 Å². The van der Waals surface area contributed by atoms with E-state index in [1.807, 2.05) is 0 Å². The lowest BCUT2D eigenvalue weighted by molar-refractivity contribution is 0.332. The average Bonchev–Trinajstić information content (AvgIpc) is 3.59. The number of nitrogens with zero attached hydrogens (tertiary/aromatic N) is 2. The molecule has 0 fully saturated rings. The van der Waals surface area contributed by atoms with Crippen LogP contribution in [0.2, 0.25) is 0 Å². The number of anilines is 6. The molecule has 4 heteroatoms. The van der Waals surface area contributed by atoms with Gasteiger partial charge in [0.15, 0.2) is 0 Å². The predicted octanol–water partition coefficient (Wildman–Crippen LogP) is 13.9. The summed E-state index contributed by atoms with van der Waals surface area (Å²) in [6, 6.07) is 48.5. The van der Waals surface area contributed by atoms with Crippen LogP contribution in [0.4, 0.5) is 34.1 Å². The number of rotatable bonds is 3. The fourth-order valence-corrected chi connectivity index (χ4v) is 11.0. The molecule has 0 bridgehead atoms. The number of hydrogen-bond acceptors (Lipinski definition) is 3. The first-order chi connectivity index (χ1) is 29.1. The summed E-state index contributed by atoms with van der Waals surface area (Å²) in [6.07, 6.45) is 2.36. The van der Waals surface area contributed by atoms with Gasteiger partial charge in [0.25, 0.3) is 6.71 Å². The van der Waals surface area contributed by atoms with Gasteiger partial charge in [-0.3, -0.25) is 0 Å². The van der Waals surface area contributed by atoms with Crippen molar-refractivity contribution in [3.8, 4) is 11.1 Å². The number of aryl methyl sites for hydroxylation is 3. The van der Waals surface area contributed by atoms with Crippen molar-refractivity contribution in [3.63, 3.8) is 0 Å². The third kappa shape index (κ3) is 5.63. The summed E-state index contributed by atoms with van der Waals surface area (Å²) in [5, 5.41) is 2.28. The molecular formula is C57H55BN2O.